The summed E-state index contributed by atoms with van der Waals surface area (Å²) in [5.74, 6) is -1.28. The van der Waals surface area contributed by atoms with Gasteiger partial charge in [0.25, 0.3) is 5.91 Å². The van der Waals surface area contributed by atoms with Gasteiger partial charge in [-0.2, -0.15) is 0 Å². The van der Waals surface area contributed by atoms with Crippen LogP contribution in [0.15, 0.2) is 67.8 Å². The van der Waals surface area contributed by atoms with Crippen LogP contribution in [0.5, 0.6) is 5.75 Å². The fourth-order valence-corrected chi connectivity index (χ4v) is 10.9. The zero-order chi connectivity index (χ0) is 35.0. The highest BCUT2D eigenvalue weighted by Gasteiger charge is 2.78. The molecule has 2 aromatic carbocycles. The summed E-state index contributed by atoms with van der Waals surface area (Å²) in [6.07, 6.45) is 5.11. The Kier molecular flexibility index (Phi) is 10.7. The van der Waals surface area contributed by atoms with Crippen molar-refractivity contribution < 1.29 is 24.2 Å². The Balaban J connectivity index is 1.64. The number of thioether (sulfide) groups is 1. The second kappa shape index (κ2) is 14.3. The van der Waals surface area contributed by atoms with Crippen molar-refractivity contribution >= 4 is 52.5 Å². The first-order valence-electron chi connectivity index (χ1n) is 16.8. The van der Waals surface area contributed by atoms with E-state index in [2.05, 4.69) is 20.1 Å². The molecule has 1 spiro atoms. The second-order valence-electron chi connectivity index (χ2n) is 13.7. The minimum Gasteiger partial charge on any atom is -0.494 e. The summed E-state index contributed by atoms with van der Waals surface area (Å²) in [6, 6.07) is 11.4. The lowest BCUT2D eigenvalue weighted by Gasteiger charge is -2.40. The van der Waals surface area contributed by atoms with Crippen molar-refractivity contribution in [3.8, 4) is 5.75 Å². The van der Waals surface area contributed by atoms with E-state index in [1.807, 2.05) is 64.1 Å². The first kappa shape index (κ1) is 36.0. The number of aliphatic hydroxyl groups excluding tert-OH is 1. The van der Waals surface area contributed by atoms with E-state index in [9.17, 15) is 14.7 Å². The molecule has 3 fully saturated rings. The number of halogens is 1. The maximum absolute atomic E-state index is 15.2. The molecule has 2 bridgehead atoms. The Morgan fingerprint density at radius 3 is 2.35 bits per heavy atom. The Hall–Kier alpha value is -3.27. The van der Waals surface area contributed by atoms with E-state index in [0.717, 1.165) is 5.56 Å². The van der Waals surface area contributed by atoms with E-state index in [1.54, 1.807) is 44.7 Å². The third-order valence-electron chi connectivity index (χ3n) is 10.1. The summed E-state index contributed by atoms with van der Waals surface area (Å²) in [5.41, 5.74) is 2.08. The first-order chi connectivity index (χ1) is 22.9. The lowest BCUT2D eigenvalue weighted by Crippen LogP contribution is -2.58. The monoisotopic (exact) mass is 693 g/mol. The van der Waals surface area contributed by atoms with Gasteiger partial charge in [-0.3, -0.25) is 14.4 Å². The summed E-state index contributed by atoms with van der Waals surface area (Å²) in [5, 5.41) is 11.2. The Bertz CT molecular complexity index is 1550. The molecule has 3 amide bonds. The molecule has 2 aromatic rings. The number of fused-ring (bicyclic) bond motifs is 1. The average Bonchev–Trinajstić information content (AvgIpc) is 3.62. The van der Waals surface area contributed by atoms with Crippen LogP contribution < -0.4 is 14.5 Å². The lowest BCUT2D eigenvalue weighted by atomic mass is 9.66. The maximum Gasteiger partial charge on any atom is 0.251 e. The number of likely N-dealkylation sites (tertiary alicyclic amines) is 1. The molecule has 3 heterocycles. The number of carbonyl (C=O) groups is 3. The minimum atomic E-state index is -0.913. The van der Waals surface area contributed by atoms with E-state index >= 15 is 4.79 Å². The van der Waals surface area contributed by atoms with Gasteiger partial charge in [-0.25, -0.2) is 0 Å². The van der Waals surface area contributed by atoms with Crippen LogP contribution >= 0.6 is 23.4 Å². The highest BCUT2D eigenvalue weighted by atomic mass is 35.5. The number of para-hydroxylation sites is 1. The number of nitrogens with zero attached hydrogens (tertiary/aromatic N) is 3. The number of benzene rings is 2. The topological polar surface area (TPSA) is 90.4 Å². The number of hydrogen-bond acceptors (Lipinski definition) is 6. The van der Waals surface area contributed by atoms with Gasteiger partial charge in [-0.05, 0) is 81.8 Å². The molecule has 0 aromatic heterocycles. The quantitative estimate of drug-likeness (QED) is 0.222. The zero-order valence-corrected chi connectivity index (χ0v) is 30.2. The number of aliphatic hydroxyl groups is 1. The maximum atomic E-state index is 15.2. The summed E-state index contributed by atoms with van der Waals surface area (Å²) in [4.78, 5) is 50.0. The number of ether oxygens (including phenoxy) is 1. The van der Waals surface area contributed by atoms with E-state index in [1.165, 1.54) is 0 Å². The van der Waals surface area contributed by atoms with Gasteiger partial charge in [-0.1, -0.05) is 49.7 Å². The van der Waals surface area contributed by atoms with Crippen LogP contribution in [0.25, 0.3) is 0 Å². The van der Waals surface area contributed by atoms with E-state index in [0.29, 0.717) is 48.0 Å². The molecule has 6 atom stereocenters. The van der Waals surface area contributed by atoms with Gasteiger partial charge < -0.3 is 24.5 Å². The highest BCUT2D eigenvalue weighted by molar-refractivity contribution is 8.02. The van der Waals surface area contributed by atoms with Crippen molar-refractivity contribution in [3.63, 3.8) is 0 Å². The van der Waals surface area contributed by atoms with Crippen molar-refractivity contribution in [3.05, 3.63) is 78.4 Å². The molecule has 48 heavy (non-hydrogen) atoms. The first-order valence-corrected chi connectivity index (χ1v) is 18.0. The second-order valence-corrected chi connectivity index (χ2v) is 16.1. The summed E-state index contributed by atoms with van der Waals surface area (Å²) in [6.45, 7) is 18.5. The largest absolute Gasteiger partial charge is 0.494 e. The molecule has 8 nitrogen and oxygen atoms in total. The predicted molar refractivity (Wildman–Crippen MR) is 195 cm³/mol. The van der Waals surface area contributed by atoms with Gasteiger partial charge in [0, 0.05) is 23.5 Å². The van der Waals surface area contributed by atoms with Gasteiger partial charge in [0.1, 0.15) is 11.8 Å². The Labute approximate surface area is 294 Å². The predicted octanol–water partition coefficient (Wildman–Crippen LogP) is 6.67. The van der Waals surface area contributed by atoms with Crippen molar-refractivity contribution in [1.82, 2.24) is 4.90 Å². The van der Waals surface area contributed by atoms with Gasteiger partial charge in [0.15, 0.2) is 0 Å². The molecule has 10 heteroatoms. The van der Waals surface area contributed by atoms with Crippen LogP contribution in [0, 0.1) is 24.7 Å². The number of anilines is 2. The molecule has 3 aliphatic heterocycles. The number of carbonyl (C=O) groups excluding carboxylic acids is 3. The molecule has 0 saturated carbocycles. The standard InChI is InChI=1S/C38H48ClN3O5S/c1-8-20-40(26-14-16-28(17-15-26)47-10-3)34(44)30-31-35(45)42(27(23-43)22-24(4)5)33(38(31)19-18-37(30,7)48-38)36(46)41(21-9-2)32-25(6)12-11-13-29(32)39/h8-9,11-17,24,27,30-31,33,43H,1-2,10,18-23H2,3-7H3/t27-,30-,31+,33?,37+,38?/m1/s1. The number of aryl methyl sites for hydroxylation is 1. The Morgan fingerprint density at radius 2 is 1.77 bits per heavy atom. The molecule has 0 radical (unpaired) electrons. The van der Waals surface area contributed by atoms with Gasteiger partial charge in [-0.15, -0.1) is 24.9 Å². The number of rotatable bonds is 14. The van der Waals surface area contributed by atoms with E-state index in [4.69, 9.17) is 16.3 Å². The van der Waals surface area contributed by atoms with Crippen LogP contribution in [-0.2, 0) is 14.4 Å². The third-order valence-corrected chi connectivity index (χ3v) is 12.4. The smallest absolute Gasteiger partial charge is 0.251 e. The van der Waals surface area contributed by atoms with E-state index in [-0.39, 0.29) is 43.3 Å². The molecule has 3 aliphatic rings. The van der Waals surface area contributed by atoms with Gasteiger partial charge in [0.05, 0.1) is 46.5 Å². The number of amides is 3. The number of hydrogen-bond donors (Lipinski definition) is 1. The van der Waals surface area contributed by atoms with Crippen molar-refractivity contribution in [1.29, 1.82) is 0 Å². The molecule has 2 unspecified atom stereocenters. The summed E-state index contributed by atoms with van der Waals surface area (Å²) >= 11 is 8.35. The van der Waals surface area contributed by atoms with Gasteiger partial charge >= 0.3 is 0 Å². The molecule has 3 saturated heterocycles. The molecule has 258 valence electrons. The van der Waals surface area contributed by atoms with Crippen LogP contribution in [0.1, 0.15) is 52.5 Å². The Morgan fingerprint density at radius 1 is 1.10 bits per heavy atom. The summed E-state index contributed by atoms with van der Waals surface area (Å²) < 4.78 is 4.17. The lowest BCUT2D eigenvalue weighted by molar-refractivity contribution is -0.142. The molecular formula is C38H48ClN3O5S. The zero-order valence-electron chi connectivity index (χ0n) is 28.7. The van der Waals surface area contributed by atoms with E-state index < -0.39 is 33.4 Å². The molecule has 1 N–H and O–H groups in total. The fourth-order valence-electron chi connectivity index (χ4n) is 8.27. The molecule has 0 aliphatic carbocycles. The molecule has 5 rings (SSSR count). The van der Waals surface area contributed by atoms with Crippen LogP contribution in [0.2, 0.25) is 5.02 Å². The van der Waals surface area contributed by atoms with Crippen LogP contribution in [-0.4, -0.2) is 75.6 Å². The van der Waals surface area contributed by atoms with Crippen LogP contribution in [0.4, 0.5) is 11.4 Å². The van der Waals surface area contributed by atoms with Crippen LogP contribution in [0.3, 0.4) is 0 Å². The van der Waals surface area contributed by atoms with Crippen molar-refractivity contribution in [2.45, 2.75) is 75.5 Å². The SMILES string of the molecule is C=CCN(C(=O)[C@H]1[C@H]2C(=O)N([C@@H](CO)CC(C)C)C(C(=O)N(CC=C)c3c(C)cccc3Cl)C23CC[C@]1(C)S3)c1ccc(OCC)cc1. The van der Waals surface area contributed by atoms with Crippen molar-refractivity contribution in [2.24, 2.45) is 17.8 Å². The summed E-state index contributed by atoms with van der Waals surface area (Å²) in [7, 11) is 0. The van der Waals surface area contributed by atoms with Gasteiger partial charge in [0.2, 0.25) is 11.8 Å². The highest BCUT2D eigenvalue weighted by Crippen LogP contribution is 2.72. The third kappa shape index (κ3) is 6.07. The average molecular weight is 694 g/mol. The molecular weight excluding hydrogens is 646 g/mol. The fraction of sp³-hybridized carbons (Fsp3) is 0.500. The van der Waals surface area contributed by atoms with Crippen molar-refractivity contribution in [2.75, 3.05) is 36.1 Å². The minimum absolute atomic E-state index is 0.153. The normalized spacial score (nSPS) is 26.4.